The van der Waals surface area contributed by atoms with Crippen LogP contribution in [0.3, 0.4) is 0 Å². The van der Waals surface area contributed by atoms with Gasteiger partial charge in [-0.25, -0.2) is 4.39 Å². The van der Waals surface area contributed by atoms with Gasteiger partial charge in [0.2, 0.25) is 5.91 Å². The van der Waals surface area contributed by atoms with Crippen LogP contribution in [0.1, 0.15) is 24.8 Å². The van der Waals surface area contributed by atoms with Crippen molar-refractivity contribution in [2.45, 2.75) is 31.7 Å². The quantitative estimate of drug-likeness (QED) is 0.729. The molecule has 0 spiro atoms. The van der Waals surface area contributed by atoms with E-state index in [-0.39, 0.29) is 30.5 Å². The van der Waals surface area contributed by atoms with Gasteiger partial charge >= 0.3 is 0 Å². The molecule has 26 heavy (non-hydrogen) atoms. The third kappa shape index (κ3) is 3.09. The second kappa shape index (κ2) is 6.90. The summed E-state index contributed by atoms with van der Waals surface area (Å²) >= 11 is 0. The monoisotopic (exact) mass is 353 g/mol. The first-order valence-electron chi connectivity index (χ1n) is 8.96. The van der Waals surface area contributed by atoms with Crippen LogP contribution in [0.5, 0.6) is 5.75 Å². The molecule has 2 aliphatic heterocycles. The number of rotatable bonds is 0. The van der Waals surface area contributed by atoms with Gasteiger partial charge in [-0.1, -0.05) is 24.3 Å². The third-order valence-electron chi connectivity index (χ3n) is 5.10. The van der Waals surface area contributed by atoms with Crippen LogP contribution >= 0.6 is 0 Å². The number of halogens is 1. The van der Waals surface area contributed by atoms with Gasteiger partial charge in [0.25, 0.3) is 0 Å². The summed E-state index contributed by atoms with van der Waals surface area (Å²) in [7, 11) is 0. The molecule has 0 radical (unpaired) electrons. The van der Waals surface area contributed by atoms with Crippen molar-refractivity contribution in [3.05, 3.63) is 53.8 Å². The van der Waals surface area contributed by atoms with Gasteiger partial charge in [0, 0.05) is 24.1 Å². The third-order valence-corrected chi connectivity index (χ3v) is 5.10. The maximum atomic E-state index is 14.5. The second-order valence-corrected chi connectivity index (χ2v) is 6.79. The molecule has 4 nitrogen and oxygen atoms in total. The Morgan fingerprint density at radius 1 is 1.04 bits per heavy atom. The molecular weight excluding hydrogens is 333 g/mol. The summed E-state index contributed by atoms with van der Waals surface area (Å²) in [5.74, 6) is 0.241. The first-order chi connectivity index (χ1) is 12.6. The first-order valence-corrected chi connectivity index (χ1v) is 8.96. The smallest absolute Gasteiger partial charge is 0.226 e. The first kappa shape index (κ1) is 16.8. The SMILES string of the molecule is O=C1CCCN2C(=O)CCOc3ccccc3-c3cc(ccc3F)CC12. The van der Waals surface area contributed by atoms with E-state index in [1.165, 1.54) is 6.07 Å². The summed E-state index contributed by atoms with van der Waals surface area (Å²) in [6.45, 7) is 0.786. The van der Waals surface area contributed by atoms with Gasteiger partial charge in [-0.3, -0.25) is 9.59 Å². The Kier molecular flexibility index (Phi) is 4.45. The molecule has 1 atom stereocenters. The van der Waals surface area contributed by atoms with E-state index in [4.69, 9.17) is 4.74 Å². The van der Waals surface area contributed by atoms with E-state index in [0.717, 1.165) is 5.56 Å². The number of carbonyl (C=O) groups excluding carboxylic acids is 2. The van der Waals surface area contributed by atoms with Crippen molar-refractivity contribution in [2.24, 2.45) is 0 Å². The van der Waals surface area contributed by atoms with Crippen molar-refractivity contribution < 1.29 is 18.7 Å². The highest BCUT2D eigenvalue weighted by Gasteiger charge is 2.33. The van der Waals surface area contributed by atoms with Crippen LogP contribution in [-0.4, -0.2) is 35.8 Å². The van der Waals surface area contributed by atoms with E-state index in [9.17, 15) is 14.0 Å². The normalized spacial score (nSPS) is 20.3. The average Bonchev–Trinajstić information content (AvgIpc) is 2.64. The summed E-state index contributed by atoms with van der Waals surface area (Å²) in [6, 6.07) is 11.7. The predicted octanol–water partition coefficient (Wildman–Crippen LogP) is 3.38. The van der Waals surface area contributed by atoms with E-state index in [1.807, 2.05) is 18.2 Å². The lowest BCUT2D eigenvalue weighted by molar-refractivity contribution is -0.142. The largest absolute Gasteiger partial charge is 0.492 e. The van der Waals surface area contributed by atoms with E-state index in [2.05, 4.69) is 0 Å². The number of hydrogen-bond acceptors (Lipinski definition) is 3. The van der Waals surface area contributed by atoms with Crippen LogP contribution in [0.2, 0.25) is 0 Å². The fourth-order valence-corrected chi connectivity index (χ4v) is 3.78. The molecule has 1 unspecified atom stereocenters. The minimum atomic E-state index is -0.468. The Morgan fingerprint density at radius 3 is 2.77 bits per heavy atom. The standard InChI is InChI=1S/C21H20FNO3/c22-17-8-7-14-12-16(17)15-4-1-2-6-20(15)26-11-9-21(25)23-10-3-5-19(24)18(23)13-14/h1-2,4,6-8,12,18H,3,5,9-11,13H2. The van der Waals surface area contributed by atoms with Crippen LogP contribution in [0.25, 0.3) is 11.1 Å². The van der Waals surface area contributed by atoms with Crippen LogP contribution in [0.15, 0.2) is 42.5 Å². The van der Waals surface area contributed by atoms with E-state index < -0.39 is 6.04 Å². The lowest BCUT2D eigenvalue weighted by atomic mass is 9.92. The highest BCUT2D eigenvalue weighted by Crippen LogP contribution is 2.33. The number of Topliss-reactive ketones (excluding diaryl/α,β-unsaturated/α-hetero) is 1. The fourth-order valence-electron chi connectivity index (χ4n) is 3.78. The summed E-state index contributed by atoms with van der Waals surface area (Å²) in [6.07, 6.45) is 1.80. The Labute approximate surface area is 151 Å². The molecule has 2 aromatic carbocycles. The molecule has 1 saturated heterocycles. The maximum absolute atomic E-state index is 14.5. The minimum absolute atomic E-state index is 0.0663. The lowest BCUT2D eigenvalue weighted by Crippen LogP contribution is -2.50. The topological polar surface area (TPSA) is 46.6 Å². The molecule has 134 valence electrons. The van der Waals surface area contributed by atoms with E-state index >= 15 is 0 Å². The van der Waals surface area contributed by atoms with Crippen molar-refractivity contribution in [1.29, 1.82) is 0 Å². The molecule has 4 rings (SSSR count). The summed E-state index contributed by atoms with van der Waals surface area (Å²) in [5, 5.41) is 0. The molecule has 2 heterocycles. The average molecular weight is 353 g/mol. The second-order valence-electron chi connectivity index (χ2n) is 6.79. The van der Waals surface area contributed by atoms with Gasteiger partial charge in [-0.15, -0.1) is 0 Å². The van der Waals surface area contributed by atoms with Gasteiger partial charge in [-0.2, -0.15) is 0 Å². The summed E-state index contributed by atoms with van der Waals surface area (Å²) in [5.41, 5.74) is 1.96. The number of carbonyl (C=O) groups is 2. The maximum Gasteiger partial charge on any atom is 0.226 e. The number of ketones is 1. The van der Waals surface area contributed by atoms with Crippen molar-refractivity contribution in [2.75, 3.05) is 13.2 Å². The molecule has 0 aromatic heterocycles. The lowest BCUT2D eigenvalue weighted by Gasteiger charge is -2.35. The molecule has 0 saturated carbocycles. The zero-order valence-corrected chi connectivity index (χ0v) is 14.4. The molecular formula is C21H20FNO3. The van der Waals surface area contributed by atoms with Gasteiger partial charge in [0.15, 0.2) is 5.78 Å². The van der Waals surface area contributed by atoms with E-state index in [0.29, 0.717) is 42.7 Å². The van der Waals surface area contributed by atoms with Crippen LogP contribution in [0.4, 0.5) is 4.39 Å². The molecule has 2 aliphatic rings. The molecule has 5 heteroatoms. The molecule has 2 aromatic rings. The number of ether oxygens (including phenoxy) is 1. The predicted molar refractivity (Wildman–Crippen MR) is 95.4 cm³/mol. The van der Waals surface area contributed by atoms with E-state index in [1.54, 1.807) is 23.1 Å². The highest BCUT2D eigenvalue weighted by atomic mass is 19.1. The number of para-hydroxylation sites is 1. The van der Waals surface area contributed by atoms with Crippen molar-refractivity contribution in [3.63, 3.8) is 0 Å². The van der Waals surface area contributed by atoms with Crippen molar-refractivity contribution in [1.82, 2.24) is 4.90 Å². The Balaban J connectivity index is 1.81. The molecule has 0 N–H and O–H groups in total. The van der Waals surface area contributed by atoms with Gasteiger partial charge in [0.05, 0.1) is 19.1 Å². The zero-order chi connectivity index (χ0) is 18.1. The minimum Gasteiger partial charge on any atom is -0.492 e. The van der Waals surface area contributed by atoms with Gasteiger partial charge in [0.1, 0.15) is 11.6 Å². The molecule has 0 aliphatic carbocycles. The fraction of sp³-hybridized carbons (Fsp3) is 0.333. The van der Waals surface area contributed by atoms with Crippen molar-refractivity contribution in [3.8, 4) is 16.9 Å². The molecule has 1 fully saturated rings. The zero-order valence-electron chi connectivity index (χ0n) is 14.4. The van der Waals surface area contributed by atoms with Crippen LogP contribution < -0.4 is 4.74 Å². The Bertz CT molecular complexity index is 864. The molecule has 2 bridgehead atoms. The van der Waals surface area contributed by atoms with Crippen LogP contribution in [0, 0.1) is 5.82 Å². The number of piperidine rings is 1. The summed E-state index contributed by atoms with van der Waals surface area (Å²) < 4.78 is 20.3. The van der Waals surface area contributed by atoms with Crippen LogP contribution in [-0.2, 0) is 16.0 Å². The number of nitrogens with zero attached hydrogens (tertiary/aromatic N) is 1. The van der Waals surface area contributed by atoms with Gasteiger partial charge in [-0.05, 0) is 36.6 Å². The summed E-state index contributed by atoms with van der Waals surface area (Å²) in [4.78, 5) is 26.8. The molecule has 1 amide bonds. The Morgan fingerprint density at radius 2 is 1.88 bits per heavy atom. The number of benzene rings is 2. The van der Waals surface area contributed by atoms with Gasteiger partial charge < -0.3 is 9.64 Å². The Hall–Kier alpha value is -2.69. The number of hydrogen-bond donors (Lipinski definition) is 0. The van der Waals surface area contributed by atoms with Crippen molar-refractivity contribution >= 4 is 11.7 Å². The number of fused-ring (bicyclic) bond motifs is 5. The highest BCUT2D eigenvalue weighted by molar-refractivity contribution is 5.90. The number of amides is 1.